The van der Waals surface area contributed by atoms with E-state index in [4.69, 9.17) is 12.2 Å². The molecule has 0 aliphatic rings. The van der Waals surface area contributed by atoms with Gasteiger partial charge in [0, 0.05) is 41.9 Å². The Hall–Kier alpha value is -3.39. The number of hydrogen-bond donors (Lipinski definition) is 4. The first-order chi connectivity index (χ1) is 13.9. The molecule has 0 spiro atoms. The number of anilines is 1. The Morgan fingerprint density at radius 3 is 2.55 bits per heavy atom. The second-order valence-electron chi connectivity index (χ2n) is 6.82. The fraction of sp³-hybridized carbons (Fsp3) is 0.190. The number of H-pyrrole nitrogens is 1. The Morgan fingerprint density at radius 2 is 1.90 bits per heavy atom. The number of carbonyl (C=O) groups excluding carboxylic acids is 2. The molecule has 1 aromatic heterocycles. The highest BCUT2D eigenvalue weighted by Gasteiger charge is 2.08. The molecule has 4 N–H and O–H groups in total. The fourth-order valence-electron chi connectivity index (χ4n) is 2.73. The topological polar surface area (TPSA) is 90.9 Å². The molecule has 150 valence electrons. The van der Waals surface area contributed by atoms with Gasteiger partial charge in [-0.3, -0.25) is 9.36 Å². The van der Waals surface area contributed by atoms with Gasteiger partial charge in [0.25, 0.3) is 5.91 Å². The van der Waals surface area contributed by atoms with Crippen molar-refractivity contribution >= 4 is 29.8 Å². The number of aromatic amines is 1. The van der Waals surface area contributed by atoms with E-state index in [2.05, 4.69) is 20.9 Å². The lowest BCUT2D eigenvalue weighted by atomic mass is 10.1. The summed E-state index contributed by atoms with van der Waals surface area (Å²) in [5, 5.41) is 8.44. The summed E-state index contributed by atoms with van der Waals surface area (Å²) in [5.41, 5.74) is 2.97. The highest BCUT2D eigenvalue weighted by atomic mass is 32.1. The van der Waals surface area contributed by atoms with E-state index in [1.54, 1.807) is 18.3 Å². The first-order valence-electron chi connectivity index (χ1n) is 9.23. The average Bonchev–Trinajstić information content (AvgIpc) is 3.12. The van der Waals surface area contributed by atoms with Crippen molar-refractivity contribution in [1.82, 2.24) is 20.2 Å². The molecule has 1 heterocycles. The van der Waals surface area contributed by atoms with E-state index < -0.39 is 0 Å². The smallest absolute Gasteiger partial charge is 0.315 e. The van der Waals surface area contributed by atoms with Gasteiger partial charge in [-0.05, 0) is 62.0 Å². The molecule has 2 aromatic carbocycles. The molecule has 3 rings (SSSR count). The van der Waals surface area contributed by atoms with Gasteiger partial charge in [-0.1, -0.05) is 18.2 Å². The number of rotatable bonds is 6. The van der Waals surface area contributed by atoms with E-state index >= 15 is 0 Å². The van der Waals surface area contributed by atoms with E-state index in [9.17, 15) is 9.59 Å². The van der Waals surface area contributed by atoms with E-state index in [-0.39, 0.29) is 18.0 Å². The number of amides is 3. The van der Waals surface area contributed by atoms with Gasteiger partial charge < -0.3 is 20.9 Å². The van der Waals surface area contributed by atoms with Crippen LogP contribution in [-0.4, -0.2) is 27.5 Å². The maximum atomic E-state index is 12.6. The quantitative estimate of drug-likeness (QED) is 0.464. The predicted molar refractivity (Wildman–Crippen MR) is 116 cm³/mol. The summed E-state index contributed by atoms with van der Waals surface area (Å²) in [4.78, 5) is 27.1. The molecular formula is C21H23N5O2S. The summed E-state index contributed by atoms with van der Waals surface area (Å²) in [7, 11) is 0. The lowest BCUT2D eigenvalue weighted by molar-refractivity contribution is 0.102. The average molecular weight is 410 g/mol. The number of aromatic nitrogens is 2. The van der Waals surface area contributed by atoms with Gasteiger partial charge in [-0.2, -0.15) is 0 Å². The number of hydrogen-bond acceptors (Lipinski definition) is 3. The normalized spacial score (nSPS) is 10.6. The molecule has 3 amide bonds. The molecule has 0 radical (unpaired) electrons. The molecule has 0 fully saturated rings. The molecule has 8 heteroatoms. The second-order valence-corrected chi connectivity index (χ2v) is 7.21. The van der Waals surface area contributed by atoms with Crippen LogP contribution in [0.15, 0.2) is 60.9 Å². The van der Waals surface area contributed by atoms with E-state index in [0.717, 1.165) is 11.3 Å². The molecule has 3 aromatic rings. The summed E-state index contributed by atoms with van der Waals surface area (Å²) in [6.07, 6.45) is 3.59. The van der Waals surface area contributed by atoms with Crippen LogP contribution in [0.5, 0.6) is 0 Å². The van der Waals surface area contributed by atoms with Gasteiger partial charge in [-0.25, -0.2) is 4.79 Å². The summed E-state index contributed by atoms with van der Waals surface area (Å²) in [6, 6.07) is 14.4. The van der Waals surface area contributed by atoms with Crippen LogP contribution in [0.1, 0.15) is 29.8 Å². The van der Waals surface area contributed by atoms with Crippen LogP contribution in [0.2, 0.25) is 0 Å². The summed E-state index contributed by atoms with van der Waals surface area (Å²) in [5.74, 6) is -0.211. The molecule has 0 bridgehead atoms. The van der Waals surface area contributed by atoms with Gasteiger partial charge >= 0.3 is 6.03 Å². The van der Waals surface area contributed by atoms with Gasteiger partial charge in [0.15, 0.2) is 4.77 Å². The Balaban J connectivity index is 1.62. The van der Waals surface area contributed by atoms with Crippen molar-refractivity contribution in [3.8, 4) is 5.69 Å². The zero-order valence-electron chi connectivity index (χ0n) is 16.2. The fourth-order valence-corrected chi connectivity index (χ4v) is 2.96. The van der Waals surface area contributed by atoms with Crippen molar-refractivity contribution < 1.29 is 9.59 Å². The monoisotopic (exact) mass is 409 g/mol. The Labute approximate surface area is 174 Å². The lowest BCUT2D eigenvalue weighted by Gasteiger charge is -2.11. The standard InChI is InChI=1S/C21H23N5O2S/c1-14(2)24-20(28)23-13-15-6-8-16(9-7-15)19(27)25-17-4-3-5-18(12-17)26-11-10-22-21(26)29/h3-12,14H,13H2,1-2H3,(H,22,29)(H,25,27)(H2,23,24,28). The van der Waals surface area contributed by atoms with E-state index in [0.29, 0.717) is 22.6 Å². The maximum Gasteiger partial charge on any atom is 0.315 e. The zero-order chi connectivity index (χ0) is 20.8. The van der Waals surface area contributed by atoms with Crippen LogP contribution < -0.4 is 16.0 Å². The number of nitrogens with one attached hydrogen (secondary N) is 4. The number of urea groups is 1. The predicted octanol–water partition coefficient (Wildman–Crippen LogP) is 3.99. The zero-order valence-corrected chi connectivity index (χ0v) is 17.0. The van der Waals surface area contributed by atoms with Crippen LogP contribution >= 0.6 is 12.2 Å². The molecular weight excluding hydrogens is 386 g/mol. The minimum absolute atomic E-state index is 0.0768. The van der Waals surface area contributed by atoms with Crippen molar-refractivity contribution in [2.45, 2.75) is 26.4 Å². The Kier molecular flexibility index (Phi) is 6.46. The number of carbonyl (C=O) groups is 2. The third kappa shape index (κ3) is 5.55. The third-order valence-electron chi connectivity index (χ3n) is 4.12. The largest absolute Gasteiger partial charge is 0.337 e. The van der Waals surface area contributed by atoms with Gasteiger partial charge in [0.05, 0.1) is 0 Å². The lowest BCUT2D eigenvalue weighted by Crippen LogP contribution is -2.39. The molecule has 0 aliphatic heterocycles. The van der Waals surface area contributed by atoms with Crippen molar-refractivity contribution in [3.63, 3.8) is 0 Å². The number of benzene rings is 2. The molecule has 0 saturated heterocycles. The molecule has 29 heavy (non-hydrogen) atoms. The van der Waals surface area contributed by atoms with Crippen LogP contribution in [-0.2, 0) is 6.54 Å². The summed E-state index contributed by atoms with van der Waals surface area (Å²) < 4.78 is 2.40. The van der Waals surface area contributed by atoms with Crippen molar-refractivity contribution in [2.24, 2.45) is 0 Å². The summed E-state index contributed by atoms with van der Waals surface area (Å²) in [6.45, 7) is 4.19. The minimum Gasteiger partial charge on any atom is -0.337 e. The van der Waals surface area contributed by atoms with E-state index in [1.165, 1.54) is 0 Å². The highest BCUT2D eigenvalue weighted by molar-refractivity contribution is 7.71. The molecule has 0 unspecified atom stereocenters. The molecule has 0 atom stereocenters. The van der Waals surface area contributed by atoms with E-state index in [1.807, 2.05) is 61.0 Å². The minimum atomic E-state index is -0.218. The van der Waals surface area contributed by atoms with Crippen molar-refractivity contribution in [1.29, 1.82) is 0 Å². The third-order valence-corrected chi connectivity index (χ3v) is 4.43. The summed E-state index contributed by atoms with van der Waals surface area (Å²) >= 11 is 5.23. The first-order valence-corrected chi connectivity index (χ1v) is 9.64. The number of nitrogens with zero attached hydrogens (tertiary/aromatic N) is 1. The Morgan fingerprint density at radius 1 is 1.14 bits per heavy atom. The van der Waals surface area contributed by atoms with Gasteiger partial charge in [0.1, 0.15) is 0 Å². The SMILES string of the molecule is CC(C)NC(=O)NCc1ccc(C(=O)Nc2cccc(-n3cc[nH]c3=S)c2)cc1. The van der Waals surface area contributed by atoms with Crippen molar-refractivity contribution in [2.75, 3.05) is 5.32 Å². The van der Waals surface area contributed by atoms with Crippen molar-refractivity contribution in [3.05, 3.63) is 76.8 Å². The van der Waals surface area contributed by atoms with Gasteiger partial charge in [-0.15, -0.1) is 0 Å². The highest BCUT2D eigenvalue weighted by Crippen LogP contribution is 2.16. The molecule has 7 nitrogen and oxygen atoms in total. The molecule has 0 aliphatic carbocycles. The van der Waals surface area contributed by atoms with Crippen LogP contribution in [0, 0.1) is 4.77 Å². The maximum absolute atomic E-state index is 12.6. The van der Waals surface area contributed by atoms with Gasteiger partial charge in [0.2, 0.25) is 0 Å². The molecule has 0 saturated carbocycles. The second kappa shape index (κ2) is 9.20. The first kappa shape index (κ1) is 20.3. The van der Waals surface area contributed by atoms with Crippen LogP contribution in [0.25, 0.3) is 5.69 Å². The van der Waals surface area contributed by atoms with Crippen LogP contribution in [0.4, 0.5) is 10.5 Å². The van der Waals surface area contributed by atoms with Crippen LogP contribution in [0.3, 0.4) is 0 Å². The number of imidazole rings is 1. The Bertz CT molecular complexity index is 1050.